The topological polar surface area (TPSA) is 70.7 Å². The van der Waals surface area contributed by atoms with Crippen LogP contribution in [0.15, 0.2) is 24.3 Å². The van der Waals surface area contributed by atoms with Crippen molar-refractivity contribution in [3.8, 4) is 5.75 Å². The lowest BCUT2D eigenvalue weighted by molar-refractivity contribution is -0.136. The average molecular weight is 333 g/mol. The summed E-state index contributed by atoms with van der Waals surface area (Å²) < 4.78 is 5.16. The molecule has 6 nitrogen and oxygen atoms in total. The van der Waals surface area contributed by atoms with Gasteiger partial charge in [0.1, 0.15) is 5.75 Å². The SMILES string of the molecule is COc1ccccc1NC(=O)C(=O)NCC1CCN(C(C)C)CC1. The van der Waals surface area contributed by atoms with Crippen LogP contribution in [0.1, 0.15) is 26.7 Å². The van der Waals surface area contributed by atoms with E-state index in [0.717, 1.165) is 25.9 Å². The predicted octanol–water partition coefficient (Wildman–Crippen LogP) is 1.87. The Kier molecular flexibility index (Phi) is 6.61. The van der Waals surface area contributed by atoms with E-state index in [1.54, 1.807) is 24.3 Å². The fourth-order valence-corrected chi connectivity index (χ4v) is 2.92. The fourth-order valence-electron chi connectivity index (χ4n) is 2.92. The molecule has 0 aliphatic carbocycles. The van der Waals surface area contributed by atoms with Crippen molar-refractivity contribution in [2.24, 2.45) is 5.92 Å². The van der Waals surface area contributed by atoms with Gasteiger partial charge in [-0.25, -0.2) is 0 Å². The second kappa shape index (κ2) is 8.68. The summed E-state index contributed by atoms with van der Waals surface area (Å²) in [5, 5.41) is 5.33. The Hall–Kier alpha value is -2.08. The van der Waals surface area contributed by atoms with Crippen molar-refractivity contribution in [1.82, 2.24) is 10.2 Å². The third-order valence-corrected chi connectivity index (χ3v) is 4.49. The number of amides is 2. The molecule has 1 heterocycles. The van der Waals surface area contributed by atoms with E-state index < -0.39 is 11.8 Å². The van der Waals surface area contributed by atoms with Crippen molar-refractivity contribution in [3.63, 3.8) is 0 Å². The molecule has 1 aromatic rings. The summed E-state index contributed by atoms with van der Waals surface area (Å²) in [4.78, 5) is 26.4. The monoisotopic (exact) mass is 333 g/mol. The number of benzene rings is 1. The molecule has 0 radical (unpaired) electrons. The molecule has 1 aliphatic heterocycles. The van der Waals surface area contributed by atoms with Crippen LogP contribution in [0.25, 0.3) is 0 Å². The number of piperidine rings is 1. The molecule has 1 aliphatic rings. The fraction of sp³-hybridized carbons (Fsp3) is 0.556. The zero-order chi connectivity index (χ0) is 17.5. The minimum atomic E-state index is -0.667. The zero-order valence-electron chi connectivity index (χ0n) is 14.7. The van der Waals surface area contributed by atoms with E-state index in [2.05, 4.69) is 29.4 Å². The second-order valence-corrected chi connectivity index (χ2v) is 6.44. The lowest BCUT2D eigenvalue weighted by Crippen LogP contribution is -2.43. The Bertz CT molecular complexity index is 566. The molecule has 1 aromatic carbocycles. The van der Waals surface area contributed by atoms with Crippen LogP contribution in [0, 0.1) is 5.92 Å². The van der Waals surface area contributed by atoms with Crippen LogP contribution in [-0.2, 0) is 9.59 Å². The van der Waals surface area contributed by atoms with Gasteiger partial charge in [0, 0.05) is 12.6 Å². The average Bonchev–Trinajstić information content (AvgIpc) is 2.60. The van der Waals surface area contributed by atoms with Crippen LogP contribution in [-0.4, -0.2) is 49.5 Å². The van der Waals surface area contributed by atoms with Gasteiger partial charge in [0.25, 0.3) is 0 Å². The largest absolute Gasteiger partial charge is 0.495 e. The Labute approximate surface area is 143 Å². The van der Waals surface area contributed by atoms with E-state index in [1.165, 1.54) is 7.11 Å². The highest BCUT2D eigenvalue weighted by Crippen LogP contribution is 2.23. The summed E-state index contributed by atoms with van der Waals surface area (Å²) in [6.07, 6.45) is 2.10. The Morgan fingerprint density at radius 3 is 2.50 bits per heavy atom. The normalized spacial score (nSPS) is 16.0. The molecule has 1 saturated heterocycles. The van der Waals surface area contributed by atoms with Gasteiger partial charge in [-0.15, -0.1) is 0 Å². The number of para-hydroxylation sites is 2. The lowest BCUT2D eigenvalue weighted by Gasteiger charge is -2.34. The minimum absolute atomic E-state index is 0.433. The summed E-state index contributed by atoms with van der Waals surface area (Å²) in [6.45, 7) is 7.04. The highest BCUT2D eigenvalue weighted by molar-refractivity contribution is 6.39. The number of nitrogens with zero attached hydrogens (tertiary/aromatic N) is 1. The van der Waals surface area contributed by atoms with Gasteiger partial charge in [-0.05, 0) is 57.8 Å². The van der Waals surface area contributed by atoms with Crippen molar-refractivity contribution >= 4 is 17.5 Å². The number of nitrogens with one attached hydrogen (secondary N) is 2. The van der Waals surface area contributed by atoms with Crippen LogP contribution in [0.4, 0.5) is 5.69 Å². The molecular formula is C18H27N3O3. The summed E-state index contributed by atoms with van der Waals surface area (Å²) in [5.74, 6) is -0.311. The predicted molar refractivity (Wildman–Crippen MR) is 94.1 cm³/mol. The Balaban J connectivity index is 1.77. The second-order valence-electron chi connectivity index (χ2n) is 6.44. The molecule has 0 unspecified atom stereocenters. The number of hydrogen-bond donors (Lipinski definition) is 2. The van der Waals surface area contributed by atoms with Crippen LogP contribution in [0.2, 0.25) is 0 Å². The molecule has 0 spiro atoms. The Morgan fingerprint density at radius 1 is 1.21 bits per heavy atom. The maximum Gasteiger partial charge on any atom is 0.313 e. The molecule has 132 valence electrons. The molecule has 24 heavy (non-hydrogen) atoms. The van der Waals surface area contributed by atoms with E-state index in [-0.39, 0.29) is 0 Å². The molecule has 2 rings (SSSR count). The maximum absolute atomic E-state index is 12.0. The van der Waals surface area contributed by atoms with Crippen LogP contribution in [0.3, 0.4) is 0 Å². The first kappa shape index (κ1) is 18.3. The molecule has 0 bridgehead atoms. The quantitative estimate of drug-likeness (QED) is 0.807. The van der Waals surface area contributed by atoms with Crippen molar-refractivity contribution < 1.29 is 14.3 Å². The standard InChI is InChI=1S/C18H27N3O3/c1-13(2)21-10-8-14(9-11-21)12-19-17(22)18(23)20-15-6-4-5-7-16(15)24-3/h4-7,13-14H,8-12H2,1-3H3,(H,19,22)(H,20,23). The van der Waals surface area contributed by atoms with Gasteiger partial charge in [0.15, 0.2) is 0 Å². The number of methoxy groups -OCH3 is 1. The molecule has 0 aromatic heterocycles. The van der Waals surface area contributed by atoms with E-state index in [1.807, 2.05) is 0 Å². The van der Waals surface area contributed by atoms with Gasteiger partial charge in [0.2, 0.25) is 0 Å². The van der Waals surface area contributed by atoms with E-state index in [9.17, 15) is 9.59 Å². The number of hydrogen-bond acceptors (Lipinski definition) is 4. The van der Waals surface area contributed by atoms with Crippen molar-refractivity contribution in [2.75, 3.05) is 32.1 Å². The van der Waals surface area contributed by atoms with E-state index >= 15 is 0 Å². The maximum atomic E-state index is 12.0. The third-order valence-electron chi connectivity index (χ3n) is 4.49. The molecule has 6 heteroatoms. The molecule has 2 amide bonds. The van der Waals surface area contributed by atoms with Gasteiger partial charge in [-0.1, -0.05) is 12.1 Å². The first-order valence-electron chi connectivity index (χ1n) is 8.47. The molecule has 0 atom stereocenters. The lowest BCUT2D eigenvalue weighted by atomic mass is 9.96. The summed E-state index contributed by atoms with van der Waals surface area (Å²) in [7, 11) is 1.52. The highest BCUT2D eigenvalue weighted by atomic mass is 16.5. The molecule has 0 saturated carbocycles. The number of likely N-dealkylation sites (tertiary alicyclic amines) is 1. The number of rotatable bonds is 5. The van der Waals surface area contributed by atoms with Crippen LogP contribution >= 0.6 is 0 Å². The summed E-state index contributed by atoms with van der Waals surface area (Å²) >= 11 is 0. The third kappa shape index (κ3) is 4.96. The summed E-state index contributed by atoms with van der Waals surface area (Å²) in [6, 6.07) is 7.57. The molecule has 2 N–H and O–H groups in total. The highest BCUT2D eigenvalue weighted by Gasteiger charge is 2.22. The summed E-state index contributed by atoms with van der Waals surface area (Å²) in [5.41, 5.74) is 0.491. The van der Waals surface area contributed by atoms with Crippen LogP contribution in [0.5, 0.6) is 5.75 Å². The smallest absolute Gasteiger partial charge is 0.313 e. The number of ether oxygens (including phenoxy) is 1. The number of anilines is 1. The number of carbonyl (C=O) groups excluding carboxylic acids is 2. The first-order valence-corrected chi connectivity index (χ1v) is 8.47. The van der Waals surface area contributed by atoms with E-state index in [4.69, 9.17) is 4.74 Å². The van der Waals surface area contributed by atoms with Gasteiger partial charge in [-0.2, -0.15) is 0 Å². The minimum Gasteiger partial charge on any atom is -0.495 e. The van der Waals surface area contributed by atoms with Crippen molar-refractivity contribution in [1.29, 1.82) is 0 Å². The first-order chi connectivity index (χ1) is 11.5. The molecular weight excluding hydrogens is 306 g/mol. The van der Waals surface area contributed by atoms with Crippen molar-refractivity contribution in [2.45, 2.75) is 32.7 Å². The van der Waals surface area contributed by atoms with Gasteiger partial charge >= 0.3 is 11.8 Å². The zero-order valence-corrected chi connectivity index (χ0v) is 14.7. The van der Waals surface area contributed by atoms with Gasteiger partial charge in [0.05, 0.1) is 12.8 Å². The number of carbonyl (C=O) groups is 2. The van der Waals surface area contributed by atoms with E-state index in [0.29, 0.717) is 29.9 Å². The Morgan fingerprint density at radius 2 is 1.88 bits per heavy atom. The van der Waals surface area contributed by atoms with Crippen molar-refractivity contribution in [3.05, 3.63) is 24.3 Å². The molecule has 1 fully saturated rings. The van der Waals surface area contributed by atoms with Crippen LogP contribution < -0.4 is 15.4 Å². The van der Waals surface area contributed by atoms with Gasteiger partial charge in [-0.3, -0.25) is 9.59 Å². The van der Waals surface area contributed by atoms with Gasteiger partial charge < -0.3 is 20.3 Å².